The smallest absolute Gasteiger partial charge is 0.270 e. The van der Waals surface area contributed by atoms with E-state index in [0.29, 0.717) is 17.8 Å². The van der Waals surface area contributed by atoms with E-state index in [1.165, 1.54) is 5.06 Å². The average Bonchev–Trinajstić information content (AvgIpc) is 2.51. The first kappa shape index (κ1) is 14.1. The highest BCUT2D eigenvalue weighted by atomic mass is 16.7. The van der Waals surface area contributed by atoms with E-state index in [1.54, 1.807) is 18.5 Å². The van der Waals surface area contributed by atoms with E-state index >= 15 is 0 Å². The lowest BCUT2D eigenvalue weighted by Crippen LogP contribution is -2.20. The molecule has 0 atom stereocenters. The Morgan fingerprint density at radius 2 is 1.65 bits per heavy atom. The van der Waals surface area contributed by atoms with Crippen molar-refractivity contribution in [3.05, 3.63) is 24.6 Å². The second kappa shape index (κ2) is 7.32. The molecule has 0 amide bonds. The third kappa shape index (κ3) is 3.84. The van der Waals surface area contributed by atoms with Crippen LogP contribution in [0.4, 0.5) is 17.8 Å². The highest BCUT2D eigenvalue weighted by Gasteiger charge is 2.13. The minimum Gasteiger partial charge on any atom is -0.380 e. The molecule has 1 aliphatic heterocycles. The molecule has 2 heterocycles. The Bertz CT molecular complexity index is 461. The molecular formula is C13H20N6O. The van der Waals surface area contributed by atoms with Crippen LogP contribution in [0.2, 0.25) is 0 Å². The Kier molecular flexibility index (Phi) is 5.16. The SMILES string of the molecule is CCCNc1nc(NCCC)nc(N2C=CC=CO2)n1. The fraction of sp³-hybridized carbons (Fsp3) is 0.462. The van der Waals surface area contributed by atoms with Crippen LogP contribution in [0.25, 0.3) is 0 Å². The Balaban J connectivity index is 2.19. The van der Waals surface area contributed by atoms with Gasteiger partial charge in [-0.05, 0) is 25.0 Å². The van der Waals surface area contributed by atoms with E-state index in [4.69, 9.17) is 4.84 Å². The summed E-state index contributed by atoms with van der Waals surface area (Å²) in [5.74, 6) is 1.53. The number of anilines is 3. The van der Waals surface area contributed by atoms with Crippen molar-refractivity contribution >= 4 is 17.8 Å². The van der Waals surface area contributed by atoms with Gasteiger partial charge >= 0.3 is 0 Å². The van der Waals surface area contributed by atoms with Gasteiger partial charge in [-0.15, -0.1) is 5.06 Å². The summed E-state index contributed by atoms with van der Waals surface area (Å²) in [6.45, 7) is 5.81. The highest BCUT2D eigenvalue weighted by Crippen LogP contribution is 2.16. The first-order chi connectivity index (χ1) is 9.83. The molecule has 108 valence electrons. The molecule has 0 fully saturated rings. The molecule has 0 spiro atoms. The van der Waals surface area contributed by atoms with Crippen LogP contribution in [-0.2, 0) is 4.84 Å². The van der Waals surface area contributed by atoms with E-state index in [-0.39, 0.29) is 0 Å². The molecular weight excluding hydrogens is 256 g/mol. The quantitative estimate of drug-likeness (QED) is 0.791. The van der Waals surface area contributed by atoms with Gasteiger partial charge in [0.25, 0.3) is 5.95 Å². The molecule has 2 rings (SSSR count). The predicted molar refractivity (Wildman–Crippen MR) is 79.2 cm³/mol. The van der Waals surface area contributed by atoms with Crippen LogP contribution in [-0.4, -0.2) is 28.0 Å². The Morgan fingerprint density at radius 3 is 2.15 bits per heavy atom. The zero-order valence-corrected chi connectivity index (χ0v) is 11.8. The van der Waals surface area contributed by atoms with Gasteiger partial charge in [-0.25, -0.2) is 0 Å². The molecule has 0 bridgehead atoms. The van der Waals surface area contributed by atoms with Crippen molar-refractivity contribution in [1.82, 2.24) is 15.0 Å². The molecule has 1 aromatic rings. The fourth-order valence-electron chi connectivity index (χ4n) is 1.52. The zero-order valence-electron chi connectivity index (χ0n) is 11.8. The highest BCUT2D eigenvalue weighted by molar-refractivity contribution is 5.44. The molecule has 0 saturated heterocycles. The monoisotopic (exact) mass is 276 g/mol. The number of rotatable bonds is 7. The van der Waals surface area contributed by atoms with Gasteiger partial charge in [-0.3, -0.25) is 0 Å². The van der Waals surface area contributed by atoms with Gasteiger partial charge in [0.05, 0.1) is 0 Å². The summed E-state index contributed by atoms with van der Waals surface area (Å²) in [5, 5.41) is 7.82. The molecule has 7 heteroatoms. The Hall–Kier alpha value is -2.31. The van der Waals surface area contributed by atoms with Crippen LogP contribution in [0.3, 0.4) is 0 Å². The zero-order chi connectivity index (χ0) is 14.2. The third-order valence-electron chi connectivity index (χ3n) is 2.47. The molecule has 0 aromatic carbocycles. The summed E-state index contributed by atoms with van der Waals surface area (Å²) in [4.78, 5) is 18.4. The molecule has 0 aliphatic carbocycles. The van der Waals surface area contributed by atoms with Crippen LogP contribution in [0, 0.1) is 0 Å². The van der Waals surface area contributed by atoms with Crippen molar-refractivity contribution < 1.29 is 4.84 Å². The van der Waals surface area contributed by atoms with Gasteiger partial charge in [0, 0.05) is 19.3 Å². The van der Waals surface area contributed by atoms with E-state index < -0.39 is 0 Å². The van der Waals surface area contributed by atoms with E-state index in [1.807, 2.05) is 6.08 Å². The summed E-state index contributed by atoms with van der Waals surface area (Å²) >= 11 is 0. The van der Waals surface area contributed by atoms with Crippen LogP contribution >= 0.6 is 0 Å². The normalized spacial score (nSPS) is 13.2. The number of nitrogens with zero attached hydrogens (tertiary/aromatic N) is 4. The van der Waals surface area contributed by atoms with Gasteiger partial charge in [0.1, 0.15) is 6.26 Å². The van der Waals surface area contributed by atoms with Gasteiger partial charge in [-0.2, -0.15) is 15.0 Å². The van der Waals surface area contributed by atoms with Crippen LogP contribution < -0.4 is 15.7 Å². The molecule has 0 radical (unpaired) electrons. The van der Waals surface area contributed by atoms with Crippen molar-refractivity contribution in [3.63, 3.8) is 0 Å². The van der Waals surface area contributed by atoms with E-state index in [9.17, 15) is 0 Å². The van der Waals surface area contributed by atoms with E-state index in [2.05, 4.69) is 39.4 Å². The lowest BCUT2D eigenvalue weighted by Gasteiger charge is -2.19. The number of allylic oxidation sites excluding steroid dienone is 2. The van der Waals surface area contributed by atoms with Crippen molar-refractivity contribution in [2.75, 3.05) is 28.8 Å². The number of hydrogen-bond acceptors (Lipinski definition) is 7. The van der Waals surface area contributed by atoms with Crippen LogP contribution in [0.15, 0.2) is 24.6 Å². The molecule has 7 nitrogen and oxygen atoms in total. The first-order valence-electron chi connectivity index (χ1n) is 6.86. The molecule has 1 aliphatic rings. The molecule has 0 unspecified atom stereocenters. The fourth-order valence-corrected chi connectivity index (χ4v) is 1.52. The lowest BCUT2D eigenvalue weighted by atomic mass is 10.5. The standard InChI is InChI=1S/C13H20N6O/c1-3-7-14-11-16-12(15-8-4-2)18-13(17-11)19-9-5-6-10-20-19/h5-6,9-10H,3-4,7-8H2,1-2H3,(H2,14,15,16,17,18). The summed E-state index contributed by atoms with van der Waals surface area (Å²) in [6, 6.07) is 0. The van der Waals surface area contributed by atoms with Crippen molar-refractivity contribution in [2.24, 2.45) is 0 Å². The summed E-state index contributed by atoms with van der Waals surface area (Å²) < 4.78 is 0. The minimum atomic E-state index is 0.442. The van der Waals surface area contributed by atoms with Gasteiger partial charge < -0.3 is 15.5 Å². The minimum absolute atomic E-state index is 0.442. The Labute approximate surface area is 118 Å². The number of aromatic nitrogens is 3. The molecule has 20 heavy (non-hydrogen) atoms. The largest absolute Gasteiger partial charge is 0.380 e. The number of hydroxylamine groups is 1. The average molecular weight is 276 g/mol. The lowest BCUT2D eigenvalue weighted by molar-refractivity contribution is 0.240. The summed E-state index contributed by atoms with van der Waals surface area (Å²) in [7, 11) is 0. The first-order valence-corrected chi connectivity index (χ1v) is 6.86. The Morgan fingerprint density at radius 1 is 1.00 bits per heavy atom. The van der Waals surface area contributed by atoms with Gasteiger partial charge in [0.2, 0.25) is 11.9 Å². The second-order valence-corrected chi connectivity index (χ2v) is 4.24. The number of hydrogen-bond donors (Lipinski definition) is 2. The van der Waals surface area contributed by atoms with Crippen molar-refractivity contribution in [3.8, 4) is 0 Å². The number of nitrogens with one attached hydrogen (secondary N) is 2. The maximum Gasteiger partial charge on any atom is 0.270 e. The van der Waals surface area contributed by atoms with Gasteiger partial charge in [-0.1, -0.05) is 13.8 Å². The third-order valence-corrected chi connectivity index (χ3v) is 2.47. The maximum atomic E-state index is 5.34. The summed E-state index contributed by atoms with van der Waals surface area (Å²) in [5.41, 5.74) is 0. The molecule has 0 saturated carbocycles. The van der Waals surface area contributed by atoms with Crippen molar-refractivity contribution in [2.45, 2.75) is 26.7 Å². The van der Waals surface area contributed by atoms with E-state index in [0.717, 1.165) is 25.9 Å². The van der Waals surface area contributed by atoms with Crippen LogP contribution in [0.1, 0.15) is 26.7 Å². The predicted octanol–water partition coefficient (Wildman–Crippen LogP) is 2.29. The van der Waals surface area contributed by atoms with Gasteiger partial charge in [0.15, 0.2) is 0 Å². The second-order valence-electron chi connectivity index (χ2n) is 4.24. The summed E-state index contributed by atoms with van der Waals surface area (Å²) in [6.07, 6.45) is 8.98. The maximum absolute atomic E-state index is 5.34. The topological polar surface area (TPSA) is 75.2 Å². The van der Waals surface area contributed by atoms with Crippen LogP contribution in [0.5, 0.6) is 0 Å². The van der Waals surface area contributed by atoms with Crippen molar-refractivity contribution in [1.29, 1.82) is 0 Å². The molecule has 1 aromatic heterocycles. The molecule has 2 N–H and O–H groups in total.